The minimum absolute atomic E-state index is 0.00328. The van der Waals surface area contributed by atoms with E-state index in [0.29, 0.717) is 5.56 Å². The Kier molecular flexibility index (Phi) is 4.37. The molecule has 1 aromatic carbocycles. The van der Waals surface area contributed by atoms with Gasteiger partial charge in [0.15, 0.2) is 0 Å². The lowest BCUT2D eigenvalue weighted by atomic mass is 10.0. The molecule has 1 unspecified atom stereocenters. The van der Waals surface area contributed by atoms with Crippen LogP contribution in [0.25, 0.3) is 10.9 Å². The Hall–Kier alpha value is -2.27. The first-order chi connectivity index (χ1) is 11.4. The molecule has 0 N–H and O–H groups in total. The zero-order chi connectivity index (χ0) is 17.4. The topological polar surface area (TPSA) is 46.1 Å². The Bertz CT molecular complexity index is 916. The maximum absolute atomic E-state index is 13.1. The van der Waals surface area contributed by atoms with E-state index in [4.69, 9.17) is 0 Å². The Balaban J connectivity index is 2.03. The Morgan fingerprint density at radius 3 is 2.58 bits per heavy atom. The first-order valence-electron chi connectivity index (χ1n) is 7.94. The van der Waals surface area contributed by atoms with Gasteiger partial charge in [-0.25, -0.2) is 4.98 Å². The number of rotatable bonds is 3. The van der Waals surface area contributed by atoms with Crippen molar-refractivity contribution in [3.05, 3.63) is 57.2 Å². The van der Waals surface area contributed by atoms with Crippen molar-refractivity contribution in [2.45, 2.75) is 33.7 Å². The molecule has 4 nitrogen and oxygen atoms in total. The van der Waals surface area contributed by atoms with Gasteiger partial charge in [-0.15, -0.1) is 11.3 Å². The van der Waals surface area contributed by atoms with E-state index >= 15 is 0 Å². The Labute approximate surface area is 146 Å². The van der Waals surface area contributed by atoms with Crippen LogP contribution < -0.4 is 0 Å². The molecule has 0 saturated carbocycles. The lowest BCUT2D eigenvalue weighted by Crippen LogP contribution is -2.30. The van der Waals surface area contributed by atoms with E-state index in [2.05, 4.69) is 9.97 Å². The molecule has 0 aliphatic heterocycles. The second kappa shape index (κ2) is 6.32. The summed E-state index contributed by atoms with van der Waals surface area (Å²) >= 11 is 1.59. The van der Waals surface area contributed by atoms with Gasteiger partial charge in [0, 0.05) is 29.2 Å². The van der Waals surface area contributed by atoms with E-state index in [9.17, 15) is 4.79 Å². The highest BCUT2D eigenvalue weighted by molar-refractivity contribution is 7.09. The molecule has 2 aromatic heterocycles. The largest absolute Gasteiger partial charge is 0.332 e. The van der Waals surface area contributed by atoms with Crippen LogP contribution >= 0.6 is 11.3 Å². The molecular weight excluding hydrogens is 318 g/mol. The van der Waals surface area contributed by atoms with Crippen molar-refractivity contribution in [2.24, 2.45) is 0 Å². The summed E-state index contributed by atoms with van der Waals surface area (Å²) in [4.78, 5) is 24.0. The number of hydrogen-bond acceptors (Lipinski definition) is 4. The highest BCUT2D eigenvalue weighted by Crippen LogP contribution is 2.27. The van der Waals surface area contributed by atoms with Crippen LogP contribution in [0, 0.1) is 20.8 Å². The molecule has 0 fully saturated rings. The van der Waals surface area contributed by atoms with Gasteiger partial charge in [-0.3, -0.25) is 9.78 Å². The number of aromatic nitrogens is 2. The number of carbonyl (C=O) groups is 1. The summed E-state index contributed by atoms with van der Waals surface area (Å²) in [6.45, 7) is 7.93. The van der Waals surface area contributed by atoms with Gasteiger partial charge in [0.05, 0.1) is 17.1 Å². The summed E-state index contributed by atoms with van der Waals surface area (Å²) in [7, 11) is 1.83. The molecule has 0 bridgehead atoms. The van der Waals surface area contributed by atoms with E-state index < -0.39 is 0 Å². The number of aryl methyl sites for hydroxylation is 3. The number of hydrogen-bond donors (Lipinski definition) is 0. The highest BCUT2D eigenvalue weighted by Gasteiger charge is 2.23. The van der Waals surface area contributed by atoms with Crippen LogP contribution in [-0.2, 0) is 0 Å². The van der Waals surface area contributed by atoms with Crippen LogP contribution in [0.3, 0.4) is 0 Å². The molecule has 2 heterocycles. The quantitative estimate of drug-likeness (QED) is 0.708. The van der Waals surface area contributed by atoms with E-state index in [1.807, 2.05) is 64.4 Å². The molecule has 1 atom stereocenters. The summed E-state index contributed by atoms with van der Waals surface area (Å²) in [5.74, 6) is -0.00328. The normalized spacial score (nSPS) is 12.4. The molecule has 0 spiro atoms. The number of amides is 1. The maximum Gasteiger partial charge on any atom is 0.254 e. The van der Waals surface area contributed by atoms with Gasteiger partial charge >= 0.3 is 0 Å². The summed E-state index contributed by atoms with van der Waals surface area (Å²) < 4.78 is 0. The Morgan fingerprint density at radius 2 is 1.92 bits per heavy atom. The second-order valence-electron chi connectivity index (χ2n) is 6.20. The fourth-order valence-corrected chi connectivity index (χ4v) is 3.69. The summed E-state index contributed by atoms with van der Waals surface area (Å²) in [5.41, 5.74) is 4.52. The van der Waals surface area contributed by atoms with Crippen LogP contribution in [0.1, 0.15) is 45.3 Å². The highest BCUT2D eigenvalue weighted by atomic mass is 32.1. The predicted molar refractivity (Wildman–Crippen MR) is 98.6 cm³/mol. The molecule has 0 radical (unpaired) electrons. The summed E-state index contributed by atoms with van der Waals surface area (Å²) in [6, 6.07) is 7.77. The van der Waals surface area contributed by atoms with Crippen molar-refractivity contribution in [1.29, 1.82) is 0 Å². The summed E-state index contributed by atoms with van der Waals surface area (Å²) in [6.07, 6.45) is 0. The average molecular weight is 339 g/mol. The van der Waals surface area contributed by atoms with Gasteiger partial charge in [0.2, 0.25) is 0 Å². The van der Waals surface area contributed by atoms with Gasteiger partial charge in [-0.05, 0) is 39.3 Å². The fourth-order valence-electron chi connectivity index (χ4n) is 2.79. The minimum atomic E-state index is -0.0652. The molecule has 0 saturated heterocycles. The lowest BCUT2D eigenvalue weighted by molar-refractivity contribution is 0.0744. The van der Waals surface area contributed by atoms with Crippen LogP contribution in [0.4, 0.5) is 0 Å². The Morgan fingerprint density at radius 1 is 1.17 bits per heavy atom. The number of pyridine rings is 1. The van der Waals surface area contributed by atoms with Crippen LogP contribution in [0.2, 0.25) is 0 Å². The predicted octanol–water partition coefficient (Wildman–Crippen LogP) is 4.45. The molecular formula is C19H21N3OS. The fraction of sp³-hybridized carbons (Fsp3) is 0.316. The number of benzene rings is 1. The average Bonchev–Trinajstić information content (AvgIpc) is 2.99. The molecule has 1 amide bonds. The monoisotopic (exact) mass is 339 g/mol. The zero-order valence-electron chi connectivity index (χ0n) is 14.6. The molecule has 0 aliphatic carbocycles. The van der Waals surface area contributed by atoms with E-state index in [-0.39, 0.29) is 11.9 Å². The number of para-hydroxylation sites is 1. The van der Waals surface area contributed by atoms with Crippen molar-refractivity contribution < 1.29 is 4.79 Å². The SMILES string of the molecule is Cc1csc(C(C)N(C)C(=O)c2cc(C)nc3c(C)cccc23)n1. The van der Waals surface area contributed by atoms with Crippen molar-refractivity contribution in [1.82, 2.24) is 14.9 Å². The van der Waals surface area contributed by atoms with Gasteiger partial charge in [0.25, 0.3) is 5.91 Å². The molecule has 5 heteroatoms. The number of fused-ring (bicyclic) bond motifs is 1. The third-order valence-corrected chi connectivity index (χ3v) is 5.43. The van der Waals surface area contributed by atoms with E-state index in [1.165, 1.54) is 0 Å². The lowest BCUT2D eigenvalue weighted by Gasteiger charge is -2.24. The van der Waals surface area contributed by atoms with Gasteiger partial charge < -0.3 is 4.90 Å². The first kappa shape index (κ1) is 16.6. The van der Waals surface area contributed by atoms with Crippen LogP contribution in [-0.4, -0.2) is 27.8 Å². The number of carbonyl (C=O) groups excluding carboxylic acids is 1. The molecule has 24 heavy (non-hydrogen) atoms. The van der Waals surface area contributed by atoms with Crippen LogP contribution in [0.15, 0.2) is 29.6 Å². The molecule has 3 rings (SSSR count). The standard InChI is InChI=1S/C19H21N3OS/c1-11-7-6-8-15-16(9-12(2)20-17(11)15)19(23)22(5)14(4)18-21-13(3)10-24-18/h6-10,14H,1-5H3. The van der Waals surface area contributed by atoms with Crippen LogP contribution in [0.5, 0.6) is 0 Å². The van der Waals surface area contributed by atoms with Gasteiger partial charge in [0.1, 0.15) is 5.01 Å². The van der Waals surface area contributed by atoms with E-state index in [0.717, 1.165) is 32.9 Å². The van der Waals surface area contributed by atoms with E-state index in [1.54, 1.807) is 16.2 Å². The summed E-state index contributed by atoms with van der Waals surface area (Å²) in [5, 5.41) is 3.87. The number of nitrogens with zero attached hydrogens (tertiary/aromatic N) is 3. The van der Waals surface area contributed by atoms with Crippen molar-refractivity contribution in [3.63, 3.8) is 0 Å². The third-order valence-electron chi connectivity index (χ3n) is 4.30. The van der Waals surface area contributed by atoms with Gasteiger partial charge in [-0.2, -0.15) is 0 Å². The number of thiazole rings is 1. The second-order valence-corrected chi connectivity index (χ2v) is 7.09. The third kappa shape index (κ3) is 2.91. The molecule has 0 aliphatic rings. The smallest absolute Gasteiger partial charge is 0.254 e. The van der Waals surface area contributed by atoms with Crippen molar-refractivity contribution >= 4 is 28.1 Å². The molecule has 3 aromatic rings. The van der Waals surface area contributed by atoms with Crippen molar-refractivity contribution in [3.8, 4) is 0 Å². The zero-order valence-corrected chi connectivity index (χ0v) is 15.4. The van der Waals surface area contributed by atoms with Crippen molar-refractivity contribution in [2.75, 3.05) is 7.05 Å². The first-order valence-corrected chi connectivity index (χ1v) is 8.82. The maximum atomic E-state index is 13.1. The molecule has 124 valence electrons. The minimum Gasteiger partial charge on any atom is -0.332 e. The van der Waals surface area contributed by atoms with Gasteiger partial charge in [-0.1, -0.05) is 18.2 Å².